The van der Waals surface area contributed by atoms with Crippen LogP contribution in [-0.2, 0) is 16.1 Å². The highest BCUT2D eigenvalue weighted by Gasteiger charge is 2.28. The summed E-state index contributed by atoms with van der Waals surface area (Å²) in [5.74, 6) is 1.83. The average molecular weight is 346 g/mol. The summed E-state index contributed by atoms with van der Waals surface area (Å²) < 4.78 is 2.26. The van der Waals surface area contributed by atoms with E-state index in [0.717, 1.165) is 57.7 Å². The fraction of sp³-hybridized carbons (Fsp3) is 0.737. The van der Waals surface area contributed by atoms with Gasteiger partial charge in [-0.05, 0) is 25.7 Å². The maximum Gasteiger partial charge on any atom is 0.224 e. The second-order valence-electron chi connectivity index (χ2n) is 7.25. The Balaban J connectivity index is 1.54. The second kappa shape index (κ2) is 8.50. The molecule has 0 saturated carbocycles. The normalized spacial score (nSPS) is 21.2. The lowest BCUT2D eigenvalue weighted by atomic mass is 9.96. The molecule has 3 rings (SSSR count). The SMILES string of the molecule is CCCCn1ccnc1[C@@H]1CCCN(C(=O)CCN2CCCC2=O)C1. The summed E-state index contributed by atoms with van der Waals surface area (Å²) in [7, 11) is 0. The standard InChI is InChI=1S/C19H30N4O2/c1-2-3-10-22-14-9-20-19(22)16-6-4-12-23(15-16)18(25)8-13-21-11-5-7-17(21)24/h9,14,16H,2-8,10-13,15H2,1H3/t16-/m1/s1. The molecule has 2 saturated heterocycles. The van der Waals surface area contributed by atoms with Gasteiger partial charge in [0.25, 0.3) is 0 Å². The largest absolute Gasteiger partial charge is 0.342 e. The van der Waals surface area contributed by atoms with Crippen LogP contribution < -0.4 is 0 Å². The number of hydrogen-bond acceptors (Lipinski definition) is 3. The van der Waals surface area contributed by atoms with Crippen LogP contribution >= 0.6 is 0 Å². The van der Waals surface area contributed by atoms with E-state index in [4.69, 9.17) is 0 Å². The van der Waals surface area contributed by atoms with Crippen molar-refractivity contribution in [2.45, 2.75) is 64.3 Å². The first-order valence-electron chi connectivity index (χ1n) is 9.75. The highest BCUT2D eigenvalue weighted by molar-refractivity contribution is 5.80. The van der Waals surface area contributed by atoms with Gasteiger partial charge < -0.3 is 14.4 Å². The zero-order valence-electron chi connectivity index (χ0n) is 15.3. The molecule has 25 heavy (non-hydrogen) atoms. The number of piperidine rings is 1. The van der Waals surface area contributed by atoms with E-state index in [9.17, 15) is 9.59 Å². The Labute approximate surface area is 150 Å². The van der Waals surface area contributed by atoms with Crippen LogP contribution in [-0.4, -0.2) is 57.3 Å². The summed E-state index contributed by atoms with van der Waals surface area (Å²) in [6, 6.07) is 0. The Morgan fingerprint density at radius 1 is 1.28 bits per heavy atom. The minimum absolute atomic E-state index is 0.177. The molecular formula is C19H30N4O2. The lowest BCUT2D eigenvalue weighted by molar-refractivity contribution is -0.133. The van der Waals surface area contributed by atoms with Crippen LogP contribution in [0.25, 0.3) is 0 Å². The van der Waals surface area contributed by atoms with E-state index in [-0.39, 0.29) is 11.8 Å². The molecule has 0 N–H and O–H groups in total. The molecule has 0 bridgehead atoms. The number of carbonyl (C=O) groups excluding carboxylic acids is 2. The molecule has 1 aromatic heterocycles. The van der Waals surface area contributed by atoms with E-state index >= 15 is 0 Å². The Morgan fingerprint density at radius 2 is 2.16 bits per heavy atom. The van der Waals surface area contributed by atoms with Gasteiger partial charge in [-0.1, -0.05) is 13.3 Å². The lowest BCUT2D eigenvalue weighted by Crippen LogP contribution is -2.41. The Kier molecular flexibility index (Phi) is 6.10. The fourth-order valence-corrected chi connectivity index (χ4v) is 3.94. The third-order valence-electron chi connectivity index (χ3n) is 5.41. The third-order valence-corrected chi connectivity index (χ3v) is 5.41. The molecule has 2 amide bonds. The summed E-state index contributed by atoms with van der Waals surface area (Å²) >= 11 is 0. The molecule has 0 spiro atoms. The molecule has 138 valence electrons. The quantitative estimate of drug-likeness (QED) is 0.762. The van der Waals surface area contributed by atoms with E-state index in [2.05, 4.69) is 22.7 Å². The van der Waals surface area contributed by atoms with Gasteiger partial charge in [-0.2, -0.15) is 0 Å². The monoisotopic (exact) mass is 346 g/mol. The summed E-state index contributed by atoms with van der Waals surface area (Å²) in [5, 5.41) is 0. The van der Waals surface area contributed by atoms with E-state index < -0.39 is 0 Å². The third kappa shape index (κ3) is 4.41. The molecule has 2 fully saturated rings. The van der Waals surface area contributed by atoms with Crippen LogP contribution in [0.3, 0.4) is 0 Å². The van der Waals surface area contributed by atoms with Crippen LogP contribution in [0, 0.1) is 0 Å². The van der Waals surface area contributed by atoms with Gasteiger partial charge in [0.2, 0.25) is 11.8 Å². The minimum atomic E-state index is 0.177. The number of hydrogen-bond donors (Lipinski definition) is 0. The van der Waals surface area contributed by atoms with Crippen molar-refractivity contribution in [1.82, 2.24) is 19.4 Å². The first-order chi connectivity index (χ1) is 12.2. The van der Waals surface area contributed by atoms with Gasteiger partial charge >= 0.3 is 0 Å². The van der Waals surface area contributed by atoms with Crippen molar-refractivity contribution in [1.29, 1.82) is 0 Å². The fourth-order valence-electron chi connectivity index (χ4n) is 3.94. The molecule has 1 atom stereocenters. The summed E-state index contributed by atoms with van der Waals surface area (Å²) in [6.07, 6.45) is 10.4. The Morgan fingerprint density at radius 3 is 2.92 bits per heavy atom. The number of likely N-dealkylation sites (tertiary alicyclic amines) is 2. The molecular weight excluding hydrogens is 316 g/mol. The molecule has 0 aliphatic carbocycles. The van der Waals surface area contributed by atoms with Gasteiger partial charge in [0.1, 0.15) is 5.82 Å². The van der Waals surface area contributed by atoms with Crippen LogP contribution in [0.5, 0.6) is 0 Å². The smallest absolute Gasteiger partial charge is 0.224 e. The number of nitrogens with zero attached hydrogens (tertiary/aromatic N) is 4. The number of amides is 2. The number of unbranched alkanes of at least 4 members (excludes halogenated alkanes) is 1. The summed E-state index contributed by atoms with van der Waals surface area (Å²) in [4.78, 5) is 32.7. The highest BCUT2D eigenvalue weighted by atomic mass is 16.2. The zero-order chi connectivity index (χ0) is 17.6. The predicted molar refractivity (Wildman–Crippen MR) is 96.1 cm³/mol. The number of rotatable bonds is 7. The summed E-state index contributed by atoms with van der Waals surface area (Å²) in [5.41, 5.74) is 0. The van der Waals surface area contributed by atoms with Gasteiger partial charge in [-0.3, -0.25) is 9.59 Å². The van der Waals surface area contributed by atoms with Gasteiger partial charge in [-0.25, -0.2) is 4.98 Å². The molecule has 2 aliphatic heterocycles. The molecule has 1 aromatic rings. The Bertz CT molecular complexity index is 598. The van der Waals surface area contributed by atoms with Crippen LogP contribution in [0.2, 0.25) is 0 Å². The van der Waals surface area contributed by atoms with Gasteiger partial charge in [0, 0.05) is 63.9 Å². The van der Waals surface area contributed by atoms with Crippen molar-refractivity contribution in [3.05, 3.63) is 18.2 Å². The maximum atomic E-state index is 12.6. The van der Waals surface area contributed by atoms with Gasteiger partial charge in [-0.15, -0.1) is 0 Å². The van der Waals surface area contributed by atoms with Crippen LogP contribution in [0.4, 0.5) is 0 Å². The zero-order valence-corrected chi connectivity index (χ0v) is 15.3. The van der Waals surface area contributed by atoms with Crippen molar-refractivity contribution in [3.63, 3.8) is 0 Å². The van der Waals surface area contributed by atoms with Crippen molar-refractivity contribution < 1.29 is 9.59 Å². The molecule has 0 radical (unpaired) electrons. The number of carbonyl (C=O) groups is 2. The van der Waals surface area contributed by atoms with E-state index in [1.165, 1.54) is 6.42 Å². The highest BCUT2D eigenvalue weighted by Crippen LogP contribution is 2.26. The molecule has 0 aromatic carbocycles. The maximum absolute atomic E-state index is 12.6. The van der Waals surface area contributed by atoms with E-state index in [1.54, 1.807) is 0 Å². The molecule has 6 nitrogen and oxygen atoms in total. The molecule has 3 heterocycles. The first kappa shape index (κ1) is 18.0. The van der Waals surface area contributed by atoms with E-state index in [1.807, 2.05) is 16.0 Å². The van der Waals surface area contributed by atoms with E-state index in [0.29, 0.717) is 25.3 Å². The number of imidazole rings is 1. The van der Waals surface area contributed by atoms with Gasteiger partial charge in [0.15, 0.2) is 0 Å². The van der Waals surface area contributed by atoms with Crippen LogP contribution in [0.15, 0.2) is 12.4 Å². The molecule has 2 aliphatic rings. The lowest BCUT2D eigenvalue weighted by Gasteiger charge is -2.33. The number of aromatic nitrogens is 2. The minimum Gasteiger partial charge on any atom is -0.342 e. The average Bonchev–Trinajstić information content (AvgIpc) is 3.26. The first-order valence-corrected chi connectivity index (χ1v) is 9.75. The molecule has 6 heteroatoms. The summed E-state index contributed by atoms with van der Waals surface area (Å²) in [6.45, 7) is 6.18. The predicted octanol–water partition coefficient (Wildman–Crippen LogP) is 2.40. The Hall–Kier alpha value is -1.85. The van der Waals surface area contributed by atoms with Crippen molar-refractivity contribution in [2.75, 3.05) is 26.2 Å². The van der Waals surface area contributed by atoms with Crippen molar-refractivity contribution in [3.8, 4) is 0 Å². The van der Waals surface area contributed by atoms with Crippen molar-refractivity contribution in [2.24, 2.45) is 0 Å². The van der Waals surface area contributed by atoms with Crippen LogP contribution in [0.1, 0.15) is 63.6 Å². The topological polar surface area (TPSA) is 58.4 Å². The second-order valence-corrected chi connectivity index (χ2v) is 7.25. The van der Waals surface area contributed by atoms with Gasteiger partial charge in [0.05, 0.1) is 0 Å². The number of aryl methyl sites for hydroxylation is 1. The van der Waals surface area contributed by atoms with Crippen molar-refractivity contribution >= 4 is 11.8 Å². The molecule has 0 unspecified atom stereocenters.